The molecule has 0 aliphatic carbocycles. The van der Waals surface area contributed by atoms with Crippen LogP contribution < -0.4 is 0 Å². The van der Waals surface area contributed by atoms with E-state index in [0.717, 1.165) is 17.4 Å². The molecule has 0 radical (unpaired) electrons. The molecule has 0 aliphatic rings. The van der Waals surface area contributed by atoms with E-state index in [1.807, 2.05) is 0 Å². The van der Waals surface area contributed by atoms with E-state index in [1.165, 1.54) is 5.38 Å². The number of thiophene rings is 1. The summed E-state index contributed by atoms with van der Waals surface area (Å²) in [6.45, 7) is 0. The second kappa shape index (κ2) is 2.99. The number of halogens is 3. The van der Waals surface area contributed by atoms with Gasteiger partial charge in [0.2, 0.25) is 0 Å². The lowest BCUT2D eigenvalue weighted by molar-refractivity contribution is -0.166. The van der Waals surface area contributed by atoms with Gasteiger partial charge in [0.15, 0.2) is 0 Å². The minimum atomic E-state index is -3.89. The van der Waals surface area contributed by atoms with Gasteiger partial charge in [-0.25, -0.2) is 4.79 Å². The molecule has 0 fully saturated rings. The first-order valence-corrected chi connectivity index (χ1v) is 4.06. The molecular weight excluding hydrogens is 210 g/mol. The number of alkyl halides is 2. The van der Waals surface area contributed by atoms with Gasteiger partial charge < -0.3 is 5.11 Å². The van der Waals surface area contributed by atoms with E-state index < -0.39 is 17.5 Å². The van der Waals surface area contributed by atoms with Crippen LogP contribution in [0.4, 0.5) is 8.78 Å². The minimum Gasteiger partial charge on any atom is -0.477 e. The molecule has 0 spiro atoms. The van der Waals surface area contributed by atoms with Crippen molar-refractivity contribution in [3.63, 3.8) is 0 Å². The standard InChI is InChI=1S/C6H3ClF2O2S/c7-4-3(1-2-12-4)6(8,9)5(10)11/h1-2H,(H,10,11). The summed E-state index contributed by atoms with van der Waals surface area (Å²) in [6, 6.07) is 1.00. The highest BCUT2D eigenvalue weighted by Crippen LogP contribution is 2.36. The van der Waals surface area contributed by atoms with Crippen molar-refractivity contribution < 1.29 is 18.7 Å². The van der Waals surface area contributed by atoms with Gasteiger partial charge in [-0.15, -0.1) is 11.3 Å². The average molecular weight is 213 g/mol. The molecule has 1 rings (SSSR count). The zero-order valence-corrected chi connectivity index (χ0v) is 7.12. The molecule has 0 bridgehead atoms. The smallest absolute Gasteiger partial charge is 0.379 e. The molecule has 0 unspecified atom stereocenters. The number of carboxylic acid groups (broad SMARTS) is 1. The summed E-state index contributed by atoms with van der Waals surface area (Å²) in [5.74, 6) is -6.08. The van der Waals surface area contributed by atoms with Gasteiger partial charge in [-0.05, 0) is 11.4 Å². The van der Waals surface area contributed by atoms with E-state index in [4.69, 9.17) is 16.7 Å². The Balaban J connectivity index is 3.13. The zero-order valence-electron chi connectivity index (χ0n) is 5.55. The first-order chi connectivity index (χ1) is 5.46. The summed E-state index contributed by atoms with van der Waals surface area (Å²) in [4.78, 5) is 10.1. The van der Waals surface area contributed by atoms with Crippen LogP contribution in [0, 0.1) is 0 Å². The zero-order chi connectivity index (χ0) is 9.35. The monoisotopic (exact) mass is 212 g/mol. The van der Waals surface area contributed by atoms with E-state index in [1.54, 1.807) is 0 Å². The second-order valence-electron chi connectivity index (χ2n) is 1.99. The van der Waals surface area contributed by atoms with E-state index in [0.29, 0.717) is 0 Å². The molecule has 0 saturated carbocycles. The summed E-state index contributed by atoms with van der Waals surface area (Å²) < 4.78 is 25.2. The van der Waals surface area contributed by atoms with Crippen LogP contribution in [0.1, 0.15) is 5.56 Å². The maximum Gasteiger partial charge on any atom is 0.379 e. The van der Waals surface area contributed by atoms with Gasteiger partial charge in [0.05, 0.1) is 5.56 Å². The lowest BCUT2D eigenvalue weighted by Gasteiger charge is -2.08. The third-order valence-electron chi connectivity index (χ3n) is 1.22. The number of carboxylic acids is 1. The molecule has 1 N–H and O–H groups in total. The fourth-order valence-corrected chi connectivity index (χ4v) is 1.62. The Morgan fingerprint density at radius 3 is 2.58 bits per heavy atom. The van der Waals surface area contributed by atoms with Gasteiger partial charge in [0, 0.05) is 0 Å². The maximum absolute atomic E-state index is 12.7. The van der Waals surface area contributed by atoms with E-state index >= 15 is 0 Å². The highest BCUT2D eigenvalue weighted by atomic mass is 35.5. The van der Waals surface area contributed by atoms with Crippen molar-refractivity contribution in [2.75, 3.05) is 0 Å². The van der Waals surface area contributed by atoms with Crippen molar-refractivity contribution in [2.24, 2.45) is 0 Å². The maximum atomic E-state index is 12.7. The topological polar surface area (TPSA) is 37.3 Å². The molecule has 0 amide bonds. The van der Waals surface area contributed by atoms with Gasteiger partial charge in [-0.2, -0.15) is 8.78 Å². The fourth-order valence-electron chi connectivity index (χ4n) is 0.634. The number of hydrogen-bond acceptors (Lipinski definition) is 2. The third-order valence-corrected chi connectivity index (χ3v) is 2.39. The molecule has 1 aromatic rings. The van der Waals surface area contributed by atoms with Crippen molar-refractivity contribution in [2.45, 2.75) is 5.92 Å². The predicted molar refractivity (Wildman–Crippen MR) is 40.9 cm³/mol. The van der Waals surface area contributed by atoms with Crippen LogP contribution in [0.5, 0.6) is 0 Å². The minimum absolute atomic E-state index is 0.192. The molecule has 1 heterocycles. The van der Waals surface area contributed by atoms with Crippen LogP contribution in [0.15, 0.2) is 11.4 Å². The number of hydrogen-bond donors (Lipinski definition) is 1. The molecule has 0 saturated heterocycles. The van der Waals surface area contributed by atoms with E-state index in [-0.39, 0.29) is 4.34 Å². The third kappa shape index (κ3) is 1.42. The highest BCUT2D eigenvalue weighted by Gasteiger charge is 2.43. The Morgan fingerprint density at radius 1 is 1.67 bits per heavy atom. The first-order valence-electron chi connectivity index (χ1n) is 2.81. The Hall–Kier alpha value is -0.680. The van der Waals surface area contributed by atoms with E-state index in [2.05, 4.69) is 0 Å². The van der Waals surface area contributed by atoms with Gasteiger partial charge in [0.25, 0.3) is 0 Å². The molecule has 66 valence electrons. The molecular formula is C6H3ClF2O2S. The summed E-state index contributed by atoms with van der Waals surface area (Å²) >= 11 is 6.21. The van der Waals surface area contributed by atoms with Crippen molar-refractivity contribution in [3.8, 4) is 0 Å². The normalized spacial score (nSPS) is 11.6. The molecule has 1 aromatic heterocycles. The Kier molecular flexibility index (Phi) is 2.34. The van der Waals surface area contributed by atoms with Crippen LogP contribution >= 0.6 is 22.9 Å². The summed E-state index contributed by atoms with van der Waals surface area (Å²) in [5, 5.41) is 9.45. The lowest BCUT2D eigenvalue weighted by Crippen LogP contribution is -2.24. The van der Waals surface area contributed by atoms with Crippen LogP contribution in [-0.4, -0.2) is 11.1 Å². The van der Waals surface area contributed by atoms with E-state index in [9.17, 15) is 13.6 Å². The number of aliphatic carboxylic acids is 1. The van der Waals surface area contributed by atoms with Crippen molar-refractivity contribution in [1.82, 2.24) is 0 Å². The lowest BCUT2D eigenvalue weighted by atomic mass is 10.2. The van der Waals surface area contributed by atoms with Gasteiger partial charge in [-0.3, -0.25) is 0 Å². The first kappa shape index (κ1) is 9.41. The predicted octanol–water partition coefficient (Wildman–Crippen LogP) is 2.58. The molecule has 0 atom stereocenters. The second-order valence-corrected chi connectivity index (χ2v) is 3.51. The largest absolute Gasteiger partial charge is 0.477 e. The van der Waals surface area contributed by atoms with Crippen LogP contribution in [0.2, 0.25) is 4.34 Å². The van der Waals surface area contributed by atoms with Gasteiger partial charge in [-0.1, -0.05) is 11.6 Å². The van der Waals surface area contributed by atoms with Crippen molar-refractivity contribution >= 4 is 28.9 Å². The molecule has 12 heavy (non-hydrogen) atoms. The molecule has 0 aliphatic heterocycles. The van der Waals surface area contributed by atoms with Gasteiger partial charge >= 0.3 is 11.9 Å². The summed E-state index contributed by atoms with van der Waals surface area (Å²) in [6.07, 6.45) is 0. The van der Waals surface area contributed by atoms with Crippen molar-refractivity contribution in [1.29, 1.82) is 0 Å². The quantitative estimate of drug-likeness (QED) is 0.818. The van der Waals surface area contributed by atoms with Crippen LogP contribution in [-0.2, 0) is 10.7 Å². The summed E-state index contributed by atoms with van der Waals surface area (Å²) in [5.41, 5.74) is -0.651. The average Bonchev–Trinajstić information content (AvgIpc) is 2.35. The van der Waals surface area contributed by atoms with Crippen LogP contribution in [0.25, 0.3) is 0 Å². The molecule has 2 nitrogen and oxygen atoms in total. The Bertz CT molecular complexity index is 310. The van der Waals surface area contributed by atoms with Crippen molar-refractivity contribution in [3.05, 3.63) is 21.3 Å². The SMILES string of the molecule is O=C(O)C(F)(F)c1ccsc1Cl. The Labute approximate surface area is 75.4 Å². The van der Waals surface area contributed by atoms with Crippen LogP contribution in [0.3, 0.4) is 0 Å². The highest BCUT2D eigenvalue weighted by molar-refractivity contribution is 7.14. The number of carbonyl (C=O) groups is 1. The van der Waals surface area contributed by atoms with Gasteiger partial charge in [0.1, 0.15) is 4.34 Å². The summed E-state index contributed by atoms with van der Waals surface area (Å²) in [7, 11) is 0. The Morgan fingerprint density at radius 2 is 2.25 bits per heavy atom. The molecule has 0 aromatic carbocycles. The fraction of sp³-hybridized carbons (Fsp3) is 0.167. The number of rotatable bonds is 2. The molecule has 6 heteroatoms.